The van der Waals surface area contributed by atoms with Crippen molar-refractivity contribution in [1.29, 1.82) is 0 Å². The van der Waals surface area contributed by atoms with Crippen LogP contribution in [-0.4, -0.2) is 26.8 Å². The van der Waals surface area contributed by atoms with Gasteiger partial charge in [0, 0.05) is 13.2 Å². The van der Waals surface area contributed by atoms with Crippen molar-refractivity contribution in [3.8, 4) is 0 Å². The molecule has 0 amide bonds. The fourth-order valence-electron chi connectivity index (χ4n) is 1.61. The summed E-state index contributed by atoms with van der Waals surface area (Å²) in [6, 6.07) is 0. The smallest absolute Gasteiger partial charge is 0.0488 e. The van der Waals surface area contributed by atoms with Crippen molar-refractivity contribution in [3.05, 3.63) is 0 Å². The molecule has 1 unspecified atom stereocenters. The molecule has 0 aromatic carbocycles. The van der Waals surface area contributed by atoms with Crippen LogP contribution >= 0.6 is 0 Å². The maximum absolute atomic E-state index is 5.59. The molecule has 0 aromatic rings. The molecule has 1 atom stereocenters. The van der Waals surface area contributed by atoms with Gasteiger partial charge in [-0.2, -0.15) is 0 Å². The third kappa shape index (κ3) is 8.52. The van der Waals surface area contributed by atoms with Crippen LogP contribution in [0.5, 0.6) is 0 Å². The van der Waals surface area contributed by atoms with Crippen molar-refractivity contribution in [2.45, 2.75) is 40.0 Å². The van der Waals surface area contributed by atoms with Crippen LogP contribution in [0.1, 0.15) is 40.0 Å². The molecule has 0 saturated heterocycles. The number of rotatable bonds is 9. The summed E-state index contributed by atoms with van der Waals surface area (Å²) in [5, 5.41) is 3.25. The second-order valence-electron chi connectivity index (χ2n) is 4.47. The van der Waals surface area contributed by atoms with E-state index in [-0.39, 0.29) is 0 Å². The van der Waals surface area contributed by atoms with E-state index in [0.29, 0.717) is 5.92 Å². The highest BCUT2D eigenvalue weighted by Gasteiger charge is 2.06. The van der Waals surface area contributed by atoms with Crippen molar-refractivity contribution in [1.82, 2.24) is 5.32 Å². The monoisotopic (exact) mass is 201 g/mol. The molecule has 0 bridgehead atoms. The Bertz CT molecular complexity index is 109. The zero-order valence-corrected chi connectivity index (χ0v) is 10.3. The molecular weight excluding hydrogens is 174 g/mol. The number of hydrogen-bond donors (Lipinski definition) is 1. The van der Waals surface area contributed by atoms with Gasteiger partial charge in [0.2, 0.25) is 0 Å². The molecule has 14 heavy (non-hydrogen) atoms. The van der Waals surface area contributed by atoms with Crippen molar-refractivity contribution < 1.29 is 4.74 Å². The van der Waals surface area contributed by atoms with E-state index < -0.39 is 0 Å². The van der Waals surface area contributed by atoms with E-state index in [9.17, 15) is 0 Å². The van der Waals surface area contributed by atoms with Gasteiger partial charge in [0.25, 0.3) is 0 Å². The summed E-state index contributed by atoms with van der Waals surface area (Å²) in [5.74, 6) is 1.45. The summed E-state index contributed by atoms with van der Waals surface area (Å²) in [6.07, 6.45) is 3.78. The lowest BCUT2D eigenvalue weighted by atomic mass is 10.0. The quantitative estimate of drug-likeness (QED) is 0.579. The van der Waals surface area contributed by atoms with E-state index in [4.69, 9.17) is 4.74 Å². The molecule has 0 heterocycles. The topological polar surface area (TPSA) is 21.3 Å². The minimum absolute atomic E-state index is 0.656. The standard InChI is InChI=1S/C12H27NO/c1-5-6-12(9-13-4)7-8-14-10-11(2)3/h11-13H,5-10H2,1-4H3. The van der Waals surface area contributed by atoms with Gasteiger partial charge in [0.15, 0.2) is 0 Å². The zero-order chi connectivity index (χ0) is 10.8. The van der Waals surface area contributed by atoms with Gasteiger partial charge in [0.05, 0.1) is 0 Å². The highest BCUT2D eigenvalue weighted by Crippen LogP contribution is 2.10. The zero-order valence-electron chi connectivity index (χ0n) is 10.3. The van der Waals surface area contributed by atoms with Gasteiger partial charge in [-0.1, -0.05) is 27.2 Å². The van der Waals surface area contributed by atoms with Crippen molar-refractivity contribution in [3.63, 3.8) is 0 Å². The van der Waals surface area contributed by atoms with Gasteiger partial charge in [0.1, 0.15) is 0 Å². The van der Waals surface area contributed by atoms with E-state index in [1.807, 2.05) is 7.05 Å². The highest BCUT2D eigenvalue weighted by molar-refractivity contribution is 4.60. The maximum Gasteiger partial charge on any atom is 0.0488 e. The van der Waals surface area contributed by atoms with Crippen LogP contribution in [-0.2, 0) is 4.74 Å². The van der Waals surface area contributed by atoms with Gasteiger partial charge in [-0.25, -0.2) is 0 Å². The van der Waals surface area contributed by atoms with E-state index in [2.05, 4.69) is 26.1 Å². The second kappa shape index (κ2) is 9.47. The summed E-state index contributed by atoms with van der Waals surface area (Å²) in [7, 11) is 2.03. The third-order valence-corrected chi connectivity index (χ3v) is 2.31. The molecule has 0 rings (SSSR count). The lowest BCUT2D eigenvalue weighted by molar-refractivity contribution is 0.0968. The predicted molar refractivity (Wildman–Crippen MR) is 62.6 cm³/mol. The van der Waals surface area contributed by atoms with Crippen LogP contribution in [0.15, 0.2) is 0 Å². The predicted octanol–water partition coefficient (Wildman–Crippen LogP) is 2.68. The van der Waals surface area contributed by atoms with Crippen LogP contribution in [0, 0.1) is 11.8 Å². The first kappa shape index (κ1) is 13.9. The largest absolute Gasteiger partial charge is 0.381 e. The first-order valence-corrected chi connectivity index (χ1v) is 5.93. The molecule has 1 N–H and O–H groups in total. The number of ether oxygens (including phenoxy) is 1. The van der Waals surface area contributed by atoms with Gasteiger partial charge in [-0.3, -0.25) is 0 Å². The van der Waals surface area contributed by atoms with E-state index >= 15 is 0 Å². The van der Waals surface area contributed by atoms with Crippen LogP contribution in [0.4, 0.5) is 0 Å². The molecule has 2 heteroatoms. The average molecular weight is 201 g/mol. The van der Waals surface area contributed by atoms with Crippen molar-refractivity contribution >= 4 is 0 Å². The molecule has 0 fully saturated rings. The highest BCUT2D eigenvalue weighted by atomic mass is 16.5. The number of nitrogens with one attached hydrogen (secondary N) is 1. The van der Waals surface area contributed by atoms with Gasteiger partial charge >= 0.3 is 0 Å². The maximum atomic E-state index is 5.59. The van der Waals surface area contributed by atoms with Crippen LogP contribution in [0.25, 0.3) is 0 Å². The molecule has 0 aromatic heterocycles. The van der Waals surface area contributed by atoms with E-state index in [1.165, 1.54) is 19.3 Å². The molecule has 0 spiro atoms. The summed E-state index contributed by atoms with van der Waals surface area (Å²) in [6.45, 7) is 9.58. The third-order valence-electron chi connectivity index (χ3n) is 2.31. The molecule has 0 saturated carbocycles. The Morgan fingerprint density at radius 3 is 2.43 bits per heavy atom. The van der Waals surface area contributed by atoms with Crippen molar-refractivity contribution in [2.24, 2.45) is 11.8 Å². The molecule has 0 aliphatic heterocycles. The second-order valence-corrected chi connectivity index (χ2v) is 4.47. The average Bonchev–Trinajstić information content (AvgIpc) is 2.12. The Morgan fingerprint density at radius 2 is 1.93 bits per heavy atom. The molecule has 0 aliphatic carbocycles. The van der Waals surface area contributed by atoms with Crippen LogP contribution in [0.2, 0.25) is 0 Å². The molecule has 86 valence electrons. The van der Waals surface area contributed by atoms with E-state index in [0.717, 1.165) is 25.7 Å². The fourth-order valence-corrected chi connectivity index (χ4v) is 1.61. The molecule has 0 radical (unpaired) electrons. The lowest BCUT2D eigenvalue weighted by Crippen LogP contribution is -2.20. The molecule has 2 nitrogen and oxygen atoms in total. The first-order valence-electron chi connectivity index (χ1n) is 5.93. The Balaban J connectivity index is 3.40. The minimum Gasteiger partial charge on any atom is -0.381 e. The van der Waals surface area contributed by atoms with E-state index in [1.54, 1.807) is 0 Å². The minimum atomic E-state index is 0.656. The van der Waals surface area contributed by atoms with Crippen LogP contribution in [0.3, 0.4) is 0 Å². The summed E-state index contributed by atoms with van der Waals surface area (Å²) in [5.41, 5.74) is 0. The molecular formula is C12H27NO. The lowest BCUT2D eigenvalue weighted by Gasteiger charge is -2.15. The van der Waals surface area contributed by atoms with Crippen molar-refractivity contribution in [2.75, 3.05) is 26.8 Å². The Morgan fingerprint density at radius 1 is 1.21 bits per heavy atom. The summed E-state index contributed by atoms with van der Waals surface area (Å²) < 4.78 is 5.59. The number of hydrogen-bond acceptors (Lipinski definition) is 2. The Hall–Kier alpha value is -0.0800. The normalized spacial score (nSPS) is 13.5. The Labute approximate surface area is 89.4 Å². The van der Waals surface area contributed by atoms with Gasteiger partial charge in [-0.15, -0.1) is 0 Å². The summed E-state index contributed by atoms with van der Waals surface area (Å²) >= 11 is 0. The van der Waals surface area contributed by atoms with Crippen LogP contribution < -0.4 is 5.32 Å². The fraction of sp³-hybridized carbons (Fsp3) is 1.00. The summed E-state index contributed by atoms with van der Waals surface area (Å²) in [4.78, 5) is 0. The SMILES string of the molecule is CCCC(CCOCC(C)C)CNC. The van der Waals surface area contributed by atoms with Gasteiger partial charge in [-0.05, 0) is 38.3 Å². The first-order chi connectivity index (χ1) is 6.70. The molecule has 0 aliphatic rings. The van der Waals surface area contributed by atoms with Gasteiger partial charge < -0.3 is 10.1 Å². The Kier molecular flexibility index (Phi) is 9.42.